The van der Waals surface area contributed by atoms with E-state index in [1.165, 1.54) is 6.20 Å². The lowest BCUT2D eigenvalue weighted by atomic mass is 10.1. The van der Waals surface area contributed by atoms with Crippen molar-refractivity contribution in [2.24, 2.45) is 0 Å². The molecule has 0 saturated carbocycles. The second-order valence-electron chi connectivity index (χ2n) is 4.68. The van der Waals surface area contributed by atoms with Crippen molar-refractivity contribution in [1.29, 1.82) is 0 Å². The van der Waals surface area contributed by atoms with Crippen LogP contribution in [0.4, 0.5) is 11.4 Å². The Morgan fingerprint density at radius 2 is 1.90 bits per heavy atom. The number of benzene rings is 1. The standard InChI is InChI=1S/C14H15N3O3S/c1-9-7-16-13(10(2)14(9)17(18)19)8-21(20)12-5-3-11(15)4-6-12/h3-7H,8,15H2,1-2H3. The van der Waals surface area contributed by atoms with Crippen molar-refractivity contribution in [2.45, 2.75) is 24.5 Å². The molecule has 1 aromatic carbocycles. The van der Waals surface area contributed by atoms with Crippen molar-refractivity contribution in [3.63, 3.8) is 0 Å². The predicted octanol–water partition coefficient (Wildman–Crippen LogP) is 2.50. The highest BCUT2D eigenvalue weighted by Gasteiger charge is 2.20. The molecule has 0 aliphatic carbocycles. The number of hydrogen-bond donors (Lipinski definition) is 1. The Labute approximate surface area is 124 Å². The lowest BCUT2D eigenvalue weighted by molar-refractivity contribution is -0.386. The summed E-state index contributed by atoms with van der Waals surface area (Å²) < 4.78 is 12.3. The predicted molar refractivity (Wildman–Crippen MR) is 81.3 cm³/mol. The molecular weight excluding hydrogens is 290 g/mol. The summed E-state index contributed by atoms with van der Waals surface area (Å²) in [6.45, 7) is 3.27. The maximum atomic E-state index is 12.3. The monoisotopic (exact) mass is 305 g/mol. The van der Waals surface area contributed by atoms with Crippen LogP contribution in [0.1, 0.15) is 16.8 Å². The fourth-order valence-corrected chi connectivity index (χ4v) is 3.16. The number of nitrogens with zero attached hydrogens (tertiary/aromatic N) is 2. The van der Waals surface area contributed by atoms with E-state index in [-0.39, 0.29) is 11.4 Å². The van der Waals surface area contributed by atoms with Crippen molar-refractivity contribution in [2.75, 3.05) is 5.73 Å². The van der Waals surface area contributed by atoms with Gasteiger partial charge in [-0.2, -0.15) is 0 Å². The molecule has 0 fully saturated rings. The summed E-state index contributed by atoms with van der Waals surface area (Å²) in [4.78, 5) is 15.4. The number of anilines is 1. The van der Waals surface area contributed by atoms with Gasteiger partial charge in [-0.1, -0.05) is 0 Å². The van der Waals surface area contributed by atoms with Gasteiger partial charge in [-0.15, -0.1) is 0 Å². The third-order valence-corrected chi connectivity index (χ3v) is 4.50. The molecule has 0 spiro atoms. The van der Waals surface area contributed by atoms with Crippen LogP contribution >= 0.6 is 0 Å². The molecule has 2 N–H and O–H groups in total. The van der Waals surface area contributed by atoms with Crippen LogP contribution in [0.25, 0.3) is 0 Å². The molecule has 2 rings (SSSR count). The zero-order valence-corrected chi connectivity index (χ0v) is 12.5. The Balaban J connectivity index is 2.32. The van der Waals surface area contributed by atoms with Gasteiger partial charge in [0.15, 0.2) is 0 Å². The van der Waals surface area contributed by atoms with E-state index >= 15 is 0 Å². The molecule has 0 bridgehead atoms. The van der Waals surface area contributed by atoms with Gasteiger partial charge in [-0.25, -0.2) is 0 Å². The Hall–Kier alpha value is -2.28. The van der Waals surface area contributed by atoms with E-state index in [2.05, 4.69) is 4.98 Å². The van der Waals surface area contributed by atoms with Crippen molar-refractivity contribution >= 4 is 22.2 Å². The highest BCUT2D eigenvalue weighted by Crippen LogP contribution is 2.25. The van der Waals surface area contributed by atoms with E-state index in [9.17, 15) is 14.3 Å². The van der Waals surface area contributed by atoms with E-state index in [1.54, 1.807) is 38.1 Å². The number of pyridine rings is 1. The first-order chi connectivity index (χ1) is 9.90. The van der Waals surface area contributed by atoms with Crippen molar-refractivity contribution in [1.82, 2.24) is 4.98 Å². The molecule has 1 atom stereocenters. The minimum absolute atomic E-state index is 0.0364. The second kappa shape index (κ2) is 6.01. The van der Waals surface area contributed by atoms with Gasteiger partial charge in [0.1, 0.15) is 0 Å². The number of rotatable bonds is 4. The molecule has 1 heterocycles. The van der Waals surface area contributed by atoms with E-state index in [0.29, 0.717) is 27.4 Å². The maximum absolute atomic E-state index is 12.3. The number of nitrogens with two attached hydrogens (primary N) is 1. The largest absolute Gasteiger partial charge is 0.399 e. The van der Waals surface area contributed by atoms with Crippen LogP contribution in [0.2, 0.25) is 0 Å². The Morgan fingerprint density at radius 3 is 2.48 bits per heavy atom. The van der Waals surface area contributed by atoms with Crippen LogP contribution in [0.15, 0.2) is 35.4 Å². The van der Waals surface area contributed by atoms with Gasteiger partial charge in [-0.05, 0) is 38.1 Å². The number of nitro groups is 1. The van der Waals surface area contributed by atoms with Crippen LogP contribution in [0, 0.1) is 24.0 Å². The normalized spacial score (nSPS) is 12.1. The lowest BCUT2D eigenvalue weighted by Crippen LogP contribution is -2.05. The molecule has 110 valence electrons. The van der Waals surface area contributed by atoms with E-state index in [1.807, 2.05) is 0 Å². The molecule has 0 aliphatic rings. The van der Waals surface area contributed by atoms with Crippen LogP contribution in [0.5, 0.6) is 0 Å². The highest BCUT2D eigenvalue weighted by atomic mass is 32.2. The summed E-state index contributed by atoms with van der Waals surface area (Å²) in [5, 5.41) is 11.1. The van der Waals surface area contributed by atoms with Crippen LogP contribution < -0.4 is 5.73 Å². The average molecular weight is 305 g/mol. The zero-order chi connectivity index (χ0) is 15.6. The molecule has 7 heteroatoms. The van der Waals surface area contributed by atoms with E-state index in [0.717, 1.165) is 0 Å². The van der Waals surface area contributed by atoms with Crippen molar-refractivity contribution in [3.05, 3.63) is 57.4 Å². The fraction of sp³-hybridized carbons (Fsp3) is 0.214. The number of hydrogen-bond acceptors (Lipinski definition) is 5. The number of aryl methyl sites for hydroxylation is 1. The van der Waals surface area contributed by atoms with E-state index in [4.69, 9.17) is 5.73 Å². The summed E-state index contributed by atoms with van der Waals surface area (Å²) in [5.41, 5.74) is 7.65. The van der Waals surface area contributed by atoms with Crippen LogP contribution in [-0.2, 0) is 16.6 Å². The molecule has 1 unspecified atom stereocenters. The van der Waals surface area contributed by atoms with E-state index < -0.39 is 15.7 Å². The maximum Gasteiger partial charge on any atom is 0.278 e. The minimum Gasteiger partial charge on any atom is -0.399 e. The highest BCUT2D eigenvalue weighted by molar-refractivity contribution is 7.84. The molecule has 0 amide bonds. The molecule has 21 heavy (non-hydrogen) atoms. The molecule has 0 radical (unpaired) electrons. The molecule has 2 aromatic rings. The Kier molecular flexibility index (Phi) is 4.32. The first kappa shape index (κ1) is 15.1. The first-order valence-corrected chi connectivity index (χ1v) is 7.55. The second-order valence-corrected chi connectivity index (χ2v) is 6.13. The van der Waals surface area contributed by atoms with Gasteiger partial charge in [0.2, 0.25) is 0 Å². The quantitative estimate of drug-likeness (QED) is 0.531. The van der Waals surface area contributed by atoms with Crippen molar-refractivity contribution in [3.8, 4) is 0 Å². The zero-order valence-electron chi connectivity index (χ0n) is 11.7. The first-order valence-electron chi connectivity index (χ1n) is 6.23. The summed E-state index contributed by atoms with van der Waals surface area (Å²) in [6, 6.07) is 6.71. The lowest BCUT2D eigenvalue weighted by Gasteiger charge is -2.07. The number of aromatic nitrogens is 1. The summed E-state index contributed by atoms with van der Waals surface area (Å²) in [7, 11) is -1.32. The van der Waals surface area contributed by atoms with Gasteiger partial charge < -0.3 is 5.73 Å². The topological polar surface area (TPSA) is 99.1 Å². The molecule has 0 saturated heterocycles. The summed E-state index contributed by atoms with van der Waals surface area (Å²) in [5.74, 6) is 0.136. The fourth-order valence-electron chi connectivity index (χ4n) is 2.02. The third-order valence-electron chi connectivity index (χ3n) is 3.17. The Morgan fingerprint density at radius 1 is 1.29 bits per heavy atom. The van der Waals surface area contributed by atoms with Gasteiger partial charge >= 0.3 is 0 Å². The van der Waals surface area contributed by atoms with Gasteiger partial charge in [0.05, 0.1) is 27.2 Å². The summed E-state index contributed by atoms with van der Waals surface area (Å²) in [6.07, 6.45) is 1.45. The Bertz CT molecular complexity index is 714. The SMILES string of the molecule is Cc1cnc(CS(=O)c2ccc(N)cc2)c(C)c1[N+](=O)[O-]. The van der Waals surface area contributed by atoms with Crippen LogP contribution in [0.3, 0.4) is 0 Å². The molecule has 6 nitrogen and oxygen atoms in total. The van der Waals surface area contributed by atoms with Gasteiger partial charge in [0.25, 0.3) is 5.69 Å². The third kappa shape index (κ3) is 3.25. The minimum atomic E-state index is -1.32. The van der Waals surface area contributed by atoms with Crippen LogP contribution in [-0.4, -0.2) is 14.1 Å². The molecular formula is C14H15N3O3S. The van der Waals surface area contributed by atoms with Gasteiger partial charge in [0, 0.05) is 27.9 Å². The smallest absolute Gasteiger partial charge is 0.278 e. The van der Waals surface area contributed by atoms with Gasteiger partial charge in [-0.3, -0.25) is 19.3 Å². The molecule has 1 aromatic heterocycles. The van der Waals surface area contributed by atoms with Crippen molar-refractivity contribution < 1.29 is 9.13 Å². The average Bonchev–Trinajstić information content (AvgIpc) is 2.42. The number of nitrogen functional groups attached to an aromatic ring is 1. The summed E-state index contributed by atoms with van der Waals surface area (Å²) >= 11 is 0. The molecule has 0 aliphatic heterocycles.